The van der Waals surface area contributed by atoms with Gasteiger partial charge in [0.25, 0.3) is 0 Å². The number of likely N-dealkylation sites (tertiary alicyclic amines) is 1. The first-order valence-corrected chi connectivity index (χ1v) is 8.21. The summed E-state index contributed by atoms with van der Waals surface area (Å²) in [6.45, 7) is 7.15. The molecule has 1 fully saturated rings. The van der Waals surface area contributed by atoms with E-state index >= 15 is 0 Å². The van der Waals surface area contributed by atoms with Gasteiger partial charge in [-0.1, -0.05) is 12.1 Å². The van der Waals surface area contributed by atoms with E-state index in [1.54, 1.807) is 18.5 Å². The Labute approximate surface area is 140 Å². The predicted octanol–water partition coefficient (Wildman–Crippen LogP) is 1.26. The summed E-state index contributed by atoms with van der Waals surface area (Å²) in [5.74, 6) is 1.09. The molecule has 3 heterocycles. The molecule has 0 saturated carbocycles. The Hall–Kier alpha value is -2.35. The quantitative estimate of drug-likeness (QED) is 0.881. The Kier molecular flexibility index (Phi) is 4.84. The first-order chi connectivity index (χ1) is 11.6. The van der Waals surface area contributed by atoms with Gasteiger partial charge in [-0.2, -0.15) is 4.98 Å². The molecule has 0 unspecified atom stereocenters. The number of piperidine rings is 1. The molecule has 3 rings (SSSR count). The number of nitrogens with zero attached hydrogens (tertiary/aromatic N) is 5. The second-order valence-electron chi connectivity index (χ2n) is 6.30. The van der Waals surface area contributed by atoms with Gasteiger partial charge >= 0.3 is 0 Å². The third-order valence-electron chi connectivity index (χ3n) is 4.40. The van der Waals surface area contributed by atoms with E-state index in [2.05, 4.69) is 37.2 Å². The number of amides is 1. The number of rotatable bonds is 5. The molecular formula is C16H22N6O2. The maximum Gasteiger partial charge on any atom is 0.246 e. The number of hydrogen-bond donors (Lipinski definition) is 1. The van der Waals surface area contributed by atoms with Crippen molar-refractivity contribution in [3.63, 3.8) is 0 Å². The van der Waals surface area contributed by atoms with E-state index in [1.165, 1.54) is 0 Å². The average Bonchev–Trinajstić information content (AvgIpc) is 3.09. The average molecular weight is 330 g/mol. The summed E-state index contributed by atoms with van der Waals surface area (Å²) in [5.41, 5.74) is -0.375. The molecule has 8 nitrogen and oxygen atoms in total. The summed E-state index contributed by atoms with van der Waals surface area (Å²) in [6, 6.07) is 1.72. The van der Waals surface area contributed by atoms with Crippen molar-refractivity contribution in [3.8, 4) is 11.6 Å². The van der Waals surface area contributed by atoms with Gasteiger partial charge in [-0.3, -0.25) is 4.79 Å². The van der Waals surface area contributed by atoms with Crippen LogP contribution in [-0.4, -0.2) is 50.5 Å². The summed E-state index contributed by atoms with van der Waals surface area (Å²) in [4.78, 5) is 27.3. The van der Waals surface area contributed by atoms with Crippen molar-refractivity contribution in [1.29, 1.82) is 0 Å². The van der Waals surface area contributed by atoms with Crippen LogP contribution in [0, 0.1) is 5.41 Å². The van der Waals surface area contributed by atoms with Crippen molar-refractivity contribution in [3.05, 3.63) is 24.4 Å². The van der Waals surface area contributed by atoms with Crippen LogP contribution in [0.1, 0.15) is 32.6 Å². The summed E-state index contributed by atoms with van der Waals surface area (Å²) < 4.78 is 5.17. The van der Waals surface area contributed by atoms with Crippen LogP contribution in [0.2, 0.25) is 0 Å². The molecule has 1 aliphatic rings. The zero-order chi connectivity index (χ0) is 17.0. The number of aromatic nitrogens is 4. The van der Waals surface area contributed by atoms with Crippen LogP contribution < -0.4 is 5.32 Å². The topological polar surface area (TPSA) is 97.0 Å². The van der Waals surface area contributed by atoms with E-state index in [-0.39, 0.29) is 17.9 Å². The highest BCUT2D eigenvalue weighted by Crippen LogP contribution is 2.29. The van der Waals surface area contributed by atoms with E-state index < -0.39 is 0 Å². The first-order valence-electron chi connectivity index (χ1n) is 8.21. The molecule has 24 heavy (non-hydrogen) atoms. The lowest BCUT2D eigenvalue weighted by Crippen LogP contribution is -2.50. The van der Waals surface area contributed by atoms with Gasteiger partial charge < -0.3 is 14.7 Å². The molecule has 128 valence electrons. The minimum absolute atomic E-state index is 0.0244. The molecule has 0 aromatic carbocycles. The number of nitrogens with one attached hydrogen (secondary N) is 1. The summed E-state index contributed by atoms with van der Waals surface area (Å²) in [6.07, 6.45) is 5.16. The molecule has 1 atom stereocenters. The summed E-state index contributed by atoms with van der Waals surface area (Å²) in [5, 5.41) is 6.76. The maximum atomic E-state index is 12.6. The van der Waals surface area contributed by atoms with Gasteiger partial charge in [0.1, 0.15) is 0 Å². The lowest BCUT2D eigenvalue weighted by atomic mass is 9.81. The van der Waals surface area contributed by atoms with Crippen LogP contribution in [0.15, 0.2) is 23.0 Å². The third kappa shape index (κ3) is 3.59. The Balaban J connectivity index is 1.59. The van der Waals surface area contributed by atoms with Crippen LogP contribution in [-0.2, 0) is 11.3 Å². The maximum absolute atomic E-state index is 12.6. The molecule has 0 bridgehead atoms. The zero-order valence-corrected chi connectivity index (χ0v) is 14.0. The molecule has 1 amide bonds. The van der Waals surface area contributed by atoms with Gasteiger partial charge in [0.05, 0.1) is 12.0 Å². The zero-order valence-electron chi connectivity index (χ0n) is 14.0. The Morgan fingerprint density at radius 3 is 2.92 bits per heavy atom. The van der Waals surface area contributed by atoms with Crippen LogP contribution >= 0.6 is 0 Å². The molecule has 0 aliphatic carbocycles. The number of carbonyl (C=O) groups is 1. The van der Waals surface area contributed by atoms with Gasteiger partial charge in [-0.15, -0.1) is 0 Å². The van der Waals surface area contributed by atoms with E-state index in [0.717, 1.165) is 32.5 Å². The van der Waals surface area contributed by atoms with E-state index in [4.69, 9.17) is 4.52 Å². The summed E-state index contributed by atoms with van der Waals surface area (Å²) >= 11 is 0. The number of hydrogen-bond acceptors (Lipinski definition) is 7. The smallest absolute Gasteiger partial charge is 0.246 e. The van der Waals surface area contributed by atoms with E-state index in [0.29, 0.717) is 17.5 Å². The molecule has 1 aliphatic heterocycles. The molecule has 2 aromatic rings. The Bertz CT molecular complexity index is 689. The van der Waals surface area contributed by atoms with Crippen LogP contribution in [0.4, 0.5) is 0 Å². The lowest BCUT2D eigenvalue weighted by molar-refractivity contribution is -0.133. The standard InChI is InChI=1S/C16H22N6O2/c1-3-22-9-4-6-16(2,11-22)15(23)19-10-12-20-14(21-24-12)13-17-7-5-8-18-13/h5,7-8H,3-4,6,9-11H2,1-2H3,(H,19,23)/t16-/m1/s1. The van der Waals surface area contributed by atoms with Crippen molar-refractivity contribution < 1.29 is 9.32 Å². The van der Waals surface area contributed by atoms with Crippen molar-refractivity contribution >= 4 is 5.91 Å². The van der Waals surface area contributed by atoms with Crippen molar-refractivity contribution in [1.82, 2.24) is 30.3 Å². The summed E-state index contributed by atoms with van der Waals surface area (Å²) in [7, 11) is 0. The Morgan fingerprint density at radius 2 is 2.17 bits per heavy atom. The molecule has 1 N–H and O–H groups in total. The molecular weight excluding hydrogens is 308 g/mol. The van der Waals surface area contributed by atoms with Gasteiger partial charge in [0, 0.05) is 18.9 Å². The van der Waals surface area contributed by atoms with Gasteiger partial charge in [0.2, 0.25) is 23.4 Å². The van der Waals surface area contributed by atoms with E-state index in [1.807, 2.05) is 6.92 Å². The van der Waals surface area contributed by atoms with Gasteiger partial charge in [-0.05, 0) is 38.9 Å². The first kappa shape index (κ1) is 16.5. The highest BCUT2D eigenvalue weighted by atomic mass is 16.5. The normalized spacial score (nSPS) is 21.6. The SMILES string of the molecule is CCN1CCC[C@@](C)(C(=O)NCc2nc(-c3ncccn3)no2)C1. The molecule has 8 heteroatoms. The third-order valence-corrected chi connectivity index (χ3v) is 4.40. The molecule has 0 spiro atoms. The van der Waals surface area contributed by atoms with Crippen LogP contribution in [0.25, 0.3) is 11.6 Å². The lowest BCUT2D eigenvalue weighted by Gasteiger charge is -2.38. The van der Waals surface area contributed by atoms with Crippen molar-refractivity contribution in [2.75, 3.05) is 19.6 Å². The largest absolute Gasteiger partial charge is 0.347 e. The highest BCUT2D eigenvalue weighted by Gasteiger charge is 2.37. The fourth-order valence-electron chi connectivity index (χ4n) is 3.00. The van der Waals surface area contributed by atoms with Gasteiger partial charge in [-0.25, -0.2) is 9.97 Å². The molecule has 2 aromatic heterocycles. The molecule has 1 saturated heterocycles. The minimum atomic E-state index is -0.375. The van der Waals surface area contributed by atoms with Crippen molar-refractivity contribution in [2.24, 2.45) is 5.41 Å². The fraction of sp³-hybridized carbons (Fsp3) is 0.562. The minimum Gasteiger partial charge on any atom is -0.347 e. The monoisotopic (exact) mass is 330 g/mol. The molecule has 0 radical (unpaired) electrons. The predicted molar refractivity (Wildman–Crippen MR) is 86.6 cm³/mol. The van der Waals surface area contributed by atoms with Crippen molar-refractivity contribution in [2.45, 2.75) is 33.2 Å². The van der Waals surface area contributed by atoms with Gasteiger partial charge in [0.15, 0.2) is 0 Å². The second-order valence-corrected chi connectivity index (χ2v) is 6.30. The number of carbonyl (C=O) groups excluding carboxylic acids is 1. The van der Waals surface area contributed by atoms with E-state index in [9.17, 15) is 4.79 Å². The fourth-order valence-corrected chi connectivity index (χ4v) is 3.00. The van der Waals surface area contributed by atoms with Crippen LogP contribution in [0.5, 0.6) is 0 Å². The van der Waals surface area contributed by atoms with Crippen LogP contribution in [0.3, 0.4) is 0 Å². The highest BCUT2D eigenvalue weighted by molar-refractivity contribution is 5.82. The second kappa shape index (κ2) is 7.04. The Morgan fingerprint density at radius 1 is 1.38 bits per heavy atom.